The molecule has 16 heavy (non-hydrogen) atoms. The topological polar surface area (TPSA) is 81.2 Å². The molecule has 7 heteroatoms. The summed E-state index contributed by atoms with van der Waals surface area (Å²) >= 11 is 0. The highest BCUT2D eigenvalue weighted by molar-refractivity contribution is 7.92. The summed E-state index contributed by atoms with van der Waals surface area (Å²) in [5.41, 5.74) is 0.730. The van der Waals surface area contributed by atoms with Gasteiger partial charge in [0.05, 0.1) is 29.9 Å². The first kappa shape index (κ1) is 12.9. The molecule has 0 bridgehead atoms. The zero-order valence-electron chi connectivity index (χ0n) is 9.47. The summed E-state index contributed by atoms with van der Waals surface area (Å²) in [6, 6.07) is 0. The predicted molar refractivity (Wildman–Crippen MR) is 60.6 cm³/mol. The zero-order valence-corrected chi connectivity index (χ0v) is 10.3. The van der Waals surface area contributed by atoms with Gasteiger partial charge in [0.15, 0.2) is 5.82 Å². The van der Waals surface area contributed by atoms with Crippen molar-refractivity contribution in [3.05, 3.63) is 18.1 Å². The summed E-state index contributed by atoms with van der Waals surface area (Å²) in [5, 5.41) is 0. The van der Waals surface area contributed by atoms with Crippen LogP contribution in [0.1, 0.15) is 12.6 Å². The third-order valence-corrected chi connectivity index (χ3v) is 3.33. The van der Waals surface area contributed by atoms with Crippen molar-refractivity contribution in [2.75, 3.05) is 17.6 Å². The Balaban J connectivity index is 2.69. The fourth-order valence-corrected chi connectivity index (χ4v) is 2.28. The molecule has 1 aromatic heterocycles. The van der Waals surface area contributed by atoms with Crippen molar-refractivity contribution in [3.8, 4) is 0 Å². The van der Waals surface area contributed by atoms with E-state index >= 15 is 0 Å². The molecule has 0 aliphatic rings. The Hall–Kier alpha value is -1.21. The fourth-order valence-electron chi connectivity index (χ4n) is 1.02. The van der Waals surface area contributed by atoms with E-state index in [0.717, 1.165) is 5.69 Å². The van der Waals surface area contributed by atoms with Gasteiger partial charge in [-0.25, -0.2) is 13.4 Å². The number of methoxy groups -OCH3 is 1. The number of hydrogen-bond acceptors (Lipinski definition) is 5. The van der Waals surface area contributed by atoms with Crippen LogP contribution in [0.25, 0.3) is 0 Å². The van der Waals surface area contributed by atoms with Gasteiger partial charge < -0.3 is 4.74 Å². The van der Waals surface area contributed by atoms with Crippen molar-refractivity contribution in [2.45, 2.75) is 20.0 Å². The lowest BCUT2D eigenvalue weighted by Gasteiger charge is -2.11. The molecule has 1 heterocycles. The van der Waals surface area contributed by atoms with Gasteiger partial charge >= 0.3 is 0 Å². The van der Waals surface area contributed by atoms with Gasteiger partial charge in [0.2, 0.25) is 10.0 Å². The Kier molecular flexibility index (Phi) is 4.19. The van der Waals surface area contributed by atoms with Crippen LogP contribution >= 0.6 is 0 Å². The molecule has 90 valence electrons. The molecule has 0 saturated heterocycles. The van der Waals surface area contributed by atoms with Gasteiger partial charge in [-0.15, -0.1) is 0 Å². The maximum absolute atomic E-state index is 11.6. The number of sulfonamides is 1. The van der Waals surface area contributed by atoms with Crippen molar-refractivity contribution in [3.63, 3.8) is 0 Å². The highest BCUT2D eigenvalue weighted by Gasteiger charge is 2.15. The van der Waals surface area contributed by atoms with Crippen LogP contribution in [0.2, 0.25) is 0 Å². The Morgan fingerprint density at radius 2 is 2.12 bits per heavy atom. The number of aromatic nitrogens is 2. The number of ether oxygens (including phenoxy) is 1. The normalized spacial score (nSPS) is 13.4. The van der Waals surface area contributed by atoms with Crippen LogP contribution in [-0.4, -0.2) is 37.4 Å². The van der Waals surface area contributed by atoms with E-state index in [-0.39, 0.29) is 17.7 Å². The van der Waals surface area contributed by atoms with E-state index in [1.807, 2.05) is 0 Å². The van der Waals surface area contributed by atoms with E-state index in [9.17, 15) is 8.42 Å². The molecular weight excluding hydrogens is 230 g/mol. The summed E-state index contributed by atoms with van der Waals surface area (Å²) in [7, 11) is -1.97. The van der Waals surface area contributed by atoms with E-state index in [1.165, 1.54) is 19.5 Å². The summed E-state index contributed by atoms with van der Waals surface area (Å²) < 4.78 is 30.4. The maximum Gasteiger partial charge on any atom is 0.236 e. The van der Waals surface area contributed by atoms with Crippen molar-refractivity contribution >= 4 is 15.8 Å². The van der Waals surface area contributed by atoms with Crippen molar-refractivity contribution in [1.82, 2.24) is 9.97 Å². The minimum absolute atomic E-state index is 0.112. The number of hydrogen-bond donors (Lipinski definition) is 1. The molecule has 6 nitrogen and oxygen atoms in total. The number of aryl methyl sites for hydroxylation is 1. The molecule has 0 spiro atoms. The highest BCUT2D eigenvalue weighted by atomic mass is 32.2. The Morgan fingerprint density at radius 1 is 1.44 bits per heavy atom. The molecule has 1 atom stereocenters. The first-order valence-corrected chi connectivity index (χ1v) is 6.40. The molecule has 0 saturated carbocycles. The smallest absolute Gasteiger partial charge is 0.236 e. The molecular formula is C9H15N3O3S. The standard InChI is InChI=1S/C9H15N3O3S/c1-7-4-11-9(5-10-7)12-16(13,14)6-8(2)15-3/h4-5,8H,6H2,1-3H3,(H,11,12). The summed E-state index contributed by atoms with van der Waals surface area (Å²) in [5.74, 6) is 0.105. The average Bonchev–Trinajstić information content (AvgIpc) is 2.20. The van der Waals surface area contributed by atoms with Gasteiger partial charge in [-0.1, -0.05) is 0 Å². The molecule has 0 aliphatic heterocycles. The van der Waals surface area contributed by atoms with Crippen LogP contribution in [0, 0.1) is 6.92 Å². The molecule has 0 radical (unpaired) electrons. The van der Waals surface area contributed by atoms with Gasteiger partial charge in [-0.2, -0.15) is 0 Å². The molecule has 1 rings (SSSR count). The van der Waals surface area contributed by atoms with E-state index in [0.29, 0.717) is 0 Å². The minimum atomic E-state index is -3.44. The van der Waals surface area contributed by atoms with Crippen LogP contribution in [0.4, 0.5) is 5.82 Å². The van der Waals surface area contributed by atoms with Gasteiger partial charge in [0.25, 0.3) is 0 Å². The van der Waals surface area contributed by atoms with Crippen LogP contribution in [-0.2, 0) is 14.8 Å². The largest absolute Gasteiger partial charge is 0.381 e. The molecule has 1 unspecified atom stereocenters. The lowest BCUT2D eigenvalue weighted by atomic mass is 10.5. The molecule has 0 aromatic carbocycles. The van der Waals surface area contributed by atoms with Crippen LogP contribution in [0.5, 0.6) is 0 Å². The second kappa shape index (κ2) is 5.22. The Bertz CT molecular complexity index is 430. The summed E-state index contributed by atoms with van der Waals surface area (Å²) in [6.07, 6.45) is 2.51. The van der Waals surface area contributed by atoms with Crippen molar-refractivity contribution < 1.29 is 13.2 Å². The SMILES string of the molecule is COC(C)CS(=O)(=O)Nc1cnc(C)cn1. The number of rotatable bonds is 5. The molecule has 0 amide bonds. The lowest BCUT2D eigenvalue weighted by Crippen LogP contribution is -2.25. The lowest BCUT2D eigenvalue weighted by molar-refractivity contribution is 0.136. The van der Waals surface area contributed by atoms with E-state index in [1.54, 1.807) is 13.8 Å². The fraction of sp³-hybridized carbons (Fsp3) is 0.556. The third kappa shape index (κ3) is 4.11. The summed E-state index contributed by atoms with van der Waals surface area (Å²) in [4.78, 5) is 7.84. The van der Waals surface area contributed by atoms with Crippen LogP contribution in [0.15, 0.2) is 12.4 Å². The predicted octanol–water partition coefficient (Wildman–Crippen LogP) is 0.562. The number of nitrogens with one attached hydrogen (secondary N) is 1. The third-order valence-electron chi connectivity index (χ3n) is 1.90. The Labute approximate surface area is 95.1 Å². The van der Waals surface area contributed by atoms with Gasteiger partial charge in [0.1, 0.15) is 0 Å². The minimum Gasteiger partial charge on any atom is -0.381 e. The van der Waals surface area contributed by atoms with E-state index in [2.05, 4.69) is 14.7 Å². The number of anilines is 1. The zero-order chi connectivity index (χ0) is 12.2. The molecule has 0 aliphatic carbocycles. The van der Waals surface area contributed by atoms with Gasteiger partial charge in [-0.05, 0) is 13.8 Å². The monoisotopic (exact) mass is 245 g/mol. The van der Waals surface area contributed by atoms with Crippen LogP contribution in [0.3, 0.4) is 0 Å². The van der Waals surface area contributed by atoms with Gasteiger partial charge in [-0.3, -0.25) is 9.71 Å². The summed E-state index contributed by atoms with van der Waals surface area (Å²) in [6.45, 7) is 3.46. The van der Waals surface area contributed by atoms with E-state index in [4.69, 9.17) is 4.74 Å². The second-order valence-corrected chi connectivity index (χ2v) is 5.24. The average molecular weight is 245 g/mol. The van der Waals surface area contributed by atoms with Crippen LogP contribution < -0.4 is 4.72 Å². The second-order valence-electron chi connectivity index (χ2n) is 3.47. The first-order valence-electron chi connectivity index (χ1n) is 4.75. The first-order chi connectivity index (χ1) is 7.43. The van der Waals surface area contributed by atoms with Gasteiger partial charge in [0, 0.05) is 7.11 Å². The molecule has 1 aromatic rings. The Morgan fingerprint density at radius 3 is 2.62 bits per heavy atom. The van der Waals surface area contributed by atoms with Crippen molar-refractivity contribution in [2.24, 2.45) is 0 Å². The maximum atomic E-state index is 11.6. The quantitative estimate of drug-likeness (QED) is 0.819. The van der Waals surface area contributed by atoms with Crippen molar-refractivity contribution in [1.29, 1.82) is 0 Å². The molecule has 0 fully saturated rings. The van der Waals surface area contributed by atoms with E-state index < -0.39 is 10.0 Å². The number of nitrogens with zero attached hydrogens (tertiary/aromatic N) is 2. The highest BCUT2D eigenvalue weighted by Crippen LogP contribution is 2.05. The molecule has 1 N–H and O–H groups in total.